The van der Waals surface area contributed by atoms with Gasteiger partial charge in [0.1, 0.15) is 0 Å². The van der Waals surface area contributed by atoms with E-state index >= 15 is 0 Å². The molecule has 1 saturated heterocycles. The Morgan fingerprint density at radius 3 is 3.07 bits per heavy atom. The van der Waals surface area contributed by atoms with Crippen LogP contribution in [-0.2, 0) is 14.2 Å². The number of esters is 1. The molecule has 1 saturated carbocycles. The molecule has 2 rings (SSSR count). The Balaban J connectivity index is 1.99. The van der Waals surface area contributed by atoms with Gasteiger partial charge >= 0.3 is 91.6 Å². The second-order valence-corrected chi connectivity index (χ2v) is 7.28. The van der Waals surface area contributed by atoms with Crippen LogP contribution in [0.3, 0.4) is 0 Å². The fourth-order valence-electron chi connectivity index (χ4n) is 2.57. The zero-order valence-corrected chi connectivity index (χ0v) is 10.2. The molecular weight excluding hydrogens is 233 g/mol. The third-order valence-electron chi connectivity index (χ3n) is 3.25. The number of rotatable bonds is 4. The van der Waals surface area contributed by atoms with Crippen LogP contribution in [0.1, 0.15) is 12.8 Å². The molecule has 1 aliphatic heterocycles. The summed E-state index contributed by atoms with van der Waals surface area (Å²) in [6.07, 6.45) is 1.28. The molecule has 6 atom stereocenters. The van der Waals surface area contributed by atoms with E-state index in [1.807, 2.05) is 0 Å². The first-order valence-electron chi connectivity index (χ1n) is 5.01. The summed E-state index contributed by atoms with van der Waals surface area (Å²) >= 11 is 0. The van der Waals surface area contributed by atoms with Crippen molar-refractivity contribution in [1.82, 2.24) is 0 Å². The average Bonchev–Trinajstić information content (AvgIpc) is 2.70. The van der Waals surface area contributed by atoms with Crippen LogP contribution in [0.15, 0.2) is 0 Å². The third kappa shape index (κ3) is 2.30. The van der Waals surface area contributed by atoms with Gasteiger partial charge in [-0.05, 0) is 0 Å². The summed E-state index contributed by atoms with van der Waals surface area (Å²) in [6.45, 7) is 1.06. The molecule has 2 fully saturated rings. The predicted octanol–water partition coefficient (Wildman–Crippen LogP) is 0.536. The van der Waals surface area contributed by atoms with Crippen LogP contribution in [0.5, 0.6) is 0 Å². The fourth-order valence-corrected chi connectivity index (χ4v) is 5.61. The van der Waals surface area contributed by atoms with Gasteiger partial charge in [0.2, 0.25) is 0 Å². The van der Waals surface area contributed by atoms with Gasteiger partial charge in [-0.25, -0.2) is 0 Å². The van der Waals surface area contributed by atoms with Crippen LogP contribution in [0.2, 0.25) is 0 Å². The molecule has 15 heavy (non-hydrogen) atoms. The van der Waals surface area contributed by atoms with Crippen molar-refractivity contribution in [2.45, 2.75) is 24.6 Å². The molecular formula is C8H13BO4P2. The zero-order chi connectivity index (χ0) is 10.8. The van der Waals surface area contributed by atoms with Crippen LogP contribution >= 0.6 is 16.4 Å². The van der Waals surface area contributed by atoms with Crippen LogP contribution in [0.25, 0.3) is 0 Å². The van der Waals surface area contributed by atoms with E-state index in [0.717, 1.165) is 13.3 Å². The van der Waals surface area contributed by atoms with E-state index in [9.17, 15) is 14.6 Å². The van der Waals surface area contributed by atoms with Gasteiger partial charge in [0.25, 0.3) is 0 Å². The number of carbonyl (C=O) groups excluding carboxylic acids is 1. The molecule has 1 heterocycles. The Labute approximate surface area is 92.2 Å². The first-order chi connectivity index (χ1) is 7.26. The van der Waals surface area contributed by atoms with Crippen LogP contribution in [0, 0.1) is 11.8 Å². The van der Waals surface area contributed by atoms with Crippen molar-refractivity contribution in [3.8, 4) is 0 Å². The molecule has 0 amide bonds. The molecule has 4 nitrogen and oxygen atoms in total. The van der Waals surface area contributed by atoms with E-state index in [-0.39, 0.29) is 30.5 Å². The Morgan fingerprint density at radius 1 is 1.60 bits per heavy atom. The number of aliphatic hydroxyl groups excluding tert-OH is 1. The number of hydrogen-bond donors (Lipinski definition) is 1. The first-order valence-corrected chi connectivity index (χ1v) is 8.16. The van der Waals surface area contributed by atoms with E-state index < -0.39 is 0 Å². The van der Waals surface area contributed by atoms with Crippen LogP contribution < -0.4 is 0 Å². The maximum atomic E-state index is 11.1. The van der Waals surface area contributed by atoms with Gasteiger partial charge in [0, 0.05) is 0 Å². The maximum absolute atomic E-state index is 11.1. The summed E-state index contributed by atoms with van der Waals surface area (Å²) in [5, 5.41) is 9.32. The number of aliphatic hydroxyl groups is 1. The molecule has 0 aromatic carbocycles. The summed E-state index contributed by atoms with van der Waals surface area (Å²) in [6, 6.07) is 0. The Kier molecular flexibility index (Phi) is 3.87. The summed E-state index contributed by atoms with van der Waals surface area (Å²) in [7, 11) is 0.915. The molecule has 0 bridgehead atoms. The number of fused-ring (bicyclic) bond motifs is 1. The standard InChI is InChI=1S/C8H13BO4P2/c10-3-5-4-1-8(11)13-6(4)2-7(5)14-15-9-12/h4-7,10,14-15H,1-3H2/t4-,5-,6?,7-/m1/s1. The molecule has 3 unspecified atom stereocenters. The molecule has 2 aliphatic rings. The number of carbonyl (C=O) groups is 1. The van der Waals surface area contributed by atoms with Crippen molar-refractivity contribution in [3.05, 3.63) is 0 Å². The Bertz CT molecular complexity index is 275. The quantitative estimate of drug-likeness (QED) is 0.446. The molecule has 0 aromatic rings. The van der Waals surface area contributed by atoms with Crippen molar-refractivity contribution in [3.63, 3.8) is 0 Å². The van der Waals surface area contributed by atoms with Gasteiger partial charge in [-0.2, -0.15) is 0 Å². The minimum atomic E-state index is -0.136. The molecule has 0 spiro atoms. The van der Waals surface area contributed by atoms with Crippen molar-refractivity contribution in [2.75, 3.05) is 6.61 Å². The molecule has 1 aliphatic carbocycles. The fraction of sp³-hybridized carbons (Fsp3) is 0.875. The topological polar surface area (TPSA) is 63.6 Å². The van der Waals surface area contributed by atoms with Gasteiger partial charge in [0.05, 0.1) is 0 Å². The van der Waals surface area contributed by atoms with Gasteiger partial charge < -0.3 is 0 Å². The van der Waals surface area contributed by atoms with Crippen molar-refractivity contribution < 1.29 is 19.3 Å². The van der Waals surface area contributed by atoms with Gasteiger partial charge in [-0.1, -0.05) is 0 Å². The van der Waals surface area contributed by atoms with Crippen LogP contribution in [-0.4, -0.2) is 36.3 Å². The summed E-state index contributed by atoms with van der Waals surface area (Å²) < 4.78 is 15.5. The number of hydrogen-bond acceptors (Lipinski definition) is 4. The van der Waals surface area contributed by atoms with Crippen molar-refractivity contribution >= 4 is 29.3 Å². The van der Waals surface area contributed by atoms with E-state index in [2.05, 4.69) is 0 Å². The second kappa shape index (κ2) is 4.99. The van der Waals surface area contributed by atoms with E-state index in [1.54, 1.807) is 0 Å². The summed E-state index contributed by atoms with van der Waals surface area (Å²) in [5.41, 5.74) is 0.377. The molecule has 1 N–H and O–H groups in total. The van der Waals surface area contributed by atoms with E-state index in [4.69, 9.17) is 4.74 Å². The summed E-state index contributed by atoms with van der Waals surface area (Å²) in [5.74, 6) is 0.215. The Morgan fingerprint density at radius 2 is 2.40 bits per heavy atom. The normalized spacial score (nSPS) is 40.2. The number of ether oxygens (including phenoxy) is 1. The summed E-state index contributed by atoms with van der Waals surface area (Å²) in [4.78, 5) is 11.1. The van der Waals surface area contributed by atoms with Gasteiger partial charge in [0.15, 0.2) is 0 Å². The minimum absolute atomic E-state index is 0.00334. The van der Waals surface area contributed by atoms with Crippen molar-refractivity contribution in [1.29, 1.82) is 0 Å². The monoisotopic (exact) mass is 246 g/mol. The van der Waals surface area contributed by atoms with Gasteiger partial charge in [-0.15, -0.1) is 0 Å². The van der Waals surface area contributed by atoms with Gasteiger partial charge in [-0.3, -0.25) is 0 Å². The van der Waals surface area contributed by atoms with Crippen molar-refractivity contribution in [2.24, 2.45) is 11.8 Å². The molecule has 82 valence electrons. The zero-order valence-electron chi connectivity index (χ0n) is 8.18. The van der Waals surface area contributed by atoms with E-state index in [1.165, 1.54) is 0 Å². The second-order valence-electron chi connectivity index (χ2n) is 3.99. The van der Waals surface area contributed by atoms with Crippen LogP contribution in [0.4, 0.5) is 0 Å². The predicted molar refractivity (Wildman–Crippen MR) is 60.0 cm³/mol. The Hall–Kier alpha value is 0.155. The average molecular weight is 246 g/mol. The SMILES string of the molecule is O=BPP[C@@H]1CC2OC(=O)C[C@@H]2[C@H]1CO. The molecule has 7 heteroatoms. The molecule has 0 aromatic heterocycles. The third-order valence-corrected chi connectivity index (χ3v) is 6.54. The first kappa shape index (κ1) is 11.6. The van der Waals surface area contributed by atoms with E-state index in [0.29, 0.717) is 28.5 Å². The molecule has 0 radical (unpaired) electrons.